The van der Waals surface area contributed by atoms with E-state index in [4.69, 9.17) is 11.6 Å². The minimum absolute atomic E-state index is 0.0387. The van der Waals surface area contributed by atoms with Crippen LogP contribution in [0.2, 0.25) is 5.02 Å². The summed E-state index contributed by atoms with van der Waals surface area (Å²) in [6.07, 6.45) is 1.74. The molecule has 0 radical (unpaired) electrons. The summed E-state index contributed by atoms with van der Waals surface area (Å²) in [7, 11) is 0. The summed E-state index contributed by atoms with van der Waals surface area (Å²) in [6, 6.07) is 20.2. The van der Waals surface area contributed by atoms with E-state index in [0.717, 1.165) is 25.9 Å². The van der Waals surface area contributed by atoms with Gasteiger partial charge in [-0.25, -0.2) is 4.21 Å². The Kier molecular flexibility index (Phi) is 9.87. The molecule has 2 unspecified atom stereocenters. The molecular formula is C34H34BrClN4O5S2. The van der Waals surface area contributed by atoms with Crippen molar-refractivity contribution in [1.82, 2.24) is 19.3 Å². The molecule has 0 spiro atoms. The quantitative estimate of drug-likeness (QED) is 0.214. The molecule has 1 aromatic heterocycles. The van der Waals surface area contributed by atoms with Crippen LogP contribution < -0.4 is 0 Å². The zero-order chi connectivity index (χ0) is 33.5. The van der Waals surface area contributed by atoms with Gasteiger partial charge in [0.2, 0.25) is 17.7 Å². The lowest BCUT2D eigenvalue weighted by atomic mass is 9.90. The van der Waals surface area contributed by atoms with Gasteiger partial charge < -0.3 is 23.8 Å². The van der Waals surface area contributed by atoms with Gasteiger partial charge in [0.15, 0.2) is 11.1 Å². The lowest BCUT2D eigenvalue weighted by molar-refractivity contribution is -0.140. The number of carbonyl (C=O) groups excluding carboxylic acids is 3. The number of rotatable bonds is 8. The average molecular weight is 758 g/mol. The number of piperazine rings is 1. The van der Waals surface area contributed by atoms with Crippen LogP contribution in [0, 0.1) is 6.92 Å². The summed E-state index contributed by atoms with van der Waals surface area (Å²) in [5, 5.41) is 1.20. The first-order chi connectivity index (χ1) is 22.4. The number of thioether (sulfide) groups is 1. The highest BCUT2D eigenvalue weighted by molar-refractivity contribution is 9.10. The highest BCUT2D eigenvalue weighted by Gasteiger charge is 2.60. The number of amides is 3. The smallest absolute Gasteiger partial charge is 0.242 e. The first-order valence-electron chi connectivity index (χ1n) is 15.2. The third-order valence-corrected chi connectivity index (χ3v) is 11.5. The molecule has 1 N–H and O–H groups in total. The maximum atomic E-state index is 15.1. The molecule has 3 atom stereocenters. The number of likely N-dealkylation sites (tertiary alicyclic amines) is 1. The first-order valence-corrected chi connectivity index (χ1v) is 18.4. The van der Waals surface area contributed by atoms with Crippen LogP contribution in [0.15, 0.2) is 82.3 Å². The SMILES string of the molecule is CC(=O)N1CCN(C(=O)C2(Sc3ccc(C)cc3)CC(=O)N(Cc3ccc(Br)cc3)[C@H]2c2cn(CS(=O)O)c3cc(Cl)ccc23)CC1. The van der Waals surface area contributed by atoms with Gasteiger partial charge in [-0.3, -0.25) is 14.4 Å². The van der Waals surface area contributed by atoms with Crippen LogP contribution in [0.25, 0.3) is 10.9 Å². The van der Waals surface area contributed by atoms with Crippen molar-refractivity contribution in [3.05, 3.63) is 99.1 Å². The van der Waals surface area contributed by atoms with Gasteiger partial charge in [-0.2, -0.15) is 0 Å². The van der Waals surface area contributed by atoms with E-state index in [9.17, 15) is 18.4 Å². The van der Waals surface area contributed by atoms with E-state index >= 15 is 4.79 Å². The summed E-state index contributed by atoms with van der Waals surface area (Å²) in [6.45, 7) is 5.30. The maximum absolute atomic E-state index is 15.1. The van der Waals surface area contributed by atoms with E-state index in [-0.39, 0.29) is 36.6 Å². The molecular weight excluding hydrogens is 724 g/mol. The van der Waals surface area contributed by atoms with E-state index in [0.29, 0.717) is 42.3 Å². The number of carbonyl (C=O) groups is 3. The van der Waals surface area contributed by atoms with Crippen molar-refractivity contribution in [2.45, 2.75) is 48.4 Å². The Bertz CT molecular complexity index is 1860. The number of fused-ring (bicyclic) bond motifs is 1. The fourth-order valence-electron chi connectivity index (χ4n) is 6.58. The Hall–Kier alpha value is -3.16. The Balaban J connectivity index is 1.55. The molecule has 3 heterocycles. The topological polar surface area (TPSA) is 103 Å². The largest absolute Gasteiger partial charge is 0.339 e. The lowest BCUT2D eigenvalue weighted by Gasteiger charge is -2.42. The fraction of sp³-hybridized carbons (Fsp3) is 0.324. The standard InChI is InChI=1S/C34H34BrClN4O5S2/c1-22-3-10-27(11-4-22)46-34(33(43)38-15-13-37(14-16-38)23(2)41)18-31(42)40(19-24-5-7-25(35)8-6-24)32(34)29-20-39(21-47(44)45)30-17-26(36)9-12-28(29)30/h3-12,17,20,32H,13-16,18-19,21H2,1-2H3,(H,44,45)/t32-,34?/m0/s1. The minimum atomic E-state index is -2.17. The number of aromatic nitrogens is 1. The van der Waals surface area contributed by atoms with E-state index in [2.05, 4.69) is 15.9 Å². The van der Waals surface area contributed by atoms with Crippen LogP contribution in [-0.2, 0) is 37.9 Å². The predicted octanol–water partition coefficient (Wildman–Crippen LogP) is 6.24. The molecule has 0 bridgehead atoms. The molecule has 246 valence electrons. The summed E-state index contributed by atoms with van der Waals surface area (Å²) in [5.41, 5.74) is 3.30. The highest BCUT2D eigenvalue weighted by atomic mass is 79.9. The number of hydrogen-bond donors (Lipinski definition) is 1. The lowest BCUT2D eigenvalue weighted by Crippen LogP contribution is -2.56. The van der Waals surface area contributed by atoms with Crippen LogP contribution in [0.5, 0.6) is 0 Å². The van der Waals surface area contributed by atoms with Gasteiger partial charge in [0, 0.05) is 71.2 Å². The third kappa shape index (κ3) is 6.89. The predicted molar refractivity (Wildman–Crippen MR) is 188 cm³/mol. The molecule has 13 heteroatoms. The van der Waals surface area contributed by atoms with Gasteiger partial charge in [-0.1, -0.05) is 63.4 Å². The summed E-state index contributed by atoms with van der Waals surface area (Å²) >= 11 is 9.13. The molecule has 2 aliphatic heterocycles. The minimum Gasteiger partial charge on any atom is -0.339 e. The second-order valence-corrected chi connectivity index (χ2v) is 15.7. The molecule has 2 saturated heterocycles. The van der Waals surface area contributed by atoms with E-state index in [1.807, 2.05) is 61.5 Å². The number of benzene rings is 3. The van der Waals surface area contributed by atoms with Crippen LogP contribution in [-0.4, -0.2) is 76.7 Å². The molecule has 47 heavy (non-hydrogen) atoms. The highest BCUT2D eigenvalue weighted by Crippen LogP contribution is 2.55. The summed E-state index contributed by atoms with van der Waals surface area (Å²) in [4.78, 5) is 47.7. The molecule has 0 saturated carbocycles. The molecule has 0 aliphatic carbocycles. The second kappa shape index (κ2) is 13.8. The van der Waals surface area contributed by atoms with Crippen molar-refractivity contribution in [3.8, 4) is 0 Å². The van der Waals surface area contributed by atoms with E-state index < -0.39 is 21.9 Å². The second-order valence-electron chi connectivity index (χ2n) is 12.0. The van der Waals surface area contributed by atoms with Crippen molar-refractivity contribution in [3.63, 3.8) is 0 Å². The van der Waals surface area contributed by atoms with Gasteiger partial charge in [0.25, 0.3) is 0 Å². The van der Waals surface area contributed by atoms with E-state index in [1.165, 1.54) is 18.7 Å². The molecule has 6 rings (SSSR count). The average Bonchev–Trinajstić information content (AvgIpc) is 3.51. The van der Waals surface area contributed by atoms with Gasteiger partial charge >= 0.3 is 0 Å². The zero-order valence-corrected chi connectivity index (χ0v) is 29.9. The van der Waals surface area contributed by atoms with Crippen LogP contribution >= 0.6 is 39.3 Å². The number of halogens is 2. The Morgan fingerprint density at radius 3 is 2.32 bits per heavy atom. The van der Waals surface area contributed by atoms with Crippen LogP contribution in [0.3, 0.4) is 0 Å². The molecule has 9 nitrogen and oxygen atoms in total. The number of hydrogen-bond acceptors (Lipinski definition) is 5. The Morgan fingerprint density at radius 2 is 1.68 bits per heavy atom. The van der Waals surface area contributed by atoms with Gasteiger partial charge in [0.1, 0.15) is 10.6 Å². The molecule has 2 aliphatic rings. The number of nitrogens with zero attached hydrogens (tertiary/aromatic N) is 4. The van der Waals surface area contributed by atoms with Crippen molar-refractivity contribution >= 4 is 79.0 Å². The summed E-state index contributed by atoms with van der Waals surface area (Å²) in [5.74, 6) is -0.593. The maximum Gasteiger partial charge on any atom is 0.242 e. The molecule has 2 fully saturated rings. The monoisotopic (exact) mass is 756 g/mol. The molecule has 3 amide bonds. The van der Waals surface area contributed by atoms with Crippen molar-refractivity contribution < 1.29 is 23.1 Å². The van der Waals surface area contributed by atoms with Crippen molar-refractivity contribution in [2.75, 3.05) is 26.2 Å². The molecule has 3 aromatic carbocycles. The summed E-state index contributed by atoms with van der Waals surface area (Å²) < 4.78 is 23.3. The number of aryl methyl sites for hydroxylation is 1. The van der Waals surface area contributed by atoms with Gasteiger partial charge in [-0.05, 0) is 48.9 Å². The zero-order valence-electron chi connectivity index (χ0n) is 25.9. The van der Waals surface area contributed by atoms with E-state index in [1.54, 1.807) is 37.6 Å². The Labute approximate surface area is 293 Å². The Morgan fingerprint density at radius 1 is 1.02 bits per heavy atom. The normalized spacial score (nSPS) is 20.7. The third-order valence-electron chi connectivity index (χ3n) is 8.87. The van der Waals surface area contributed by atoms with Gasteiger partial charge in [0.05, 0.1) is 18.0 Å². The van der Waals surface area contributed by atoms with Crippen molar-refractivity contribution in [2.24, 2.45) is 0 Å². The molecule has 4 aromatic rings. The first kappa shape index (κ1) is 33.7. The van der Waals surface area contributed by atoms with Crippen LogP contribution in [0.4, 0.5) is 0 Å². The van der Waals surface area contributed by atoms with Gasteiger partial charge in [-0.15, -0.1) is 11.8 Å². The van der Waals surface area contributed by atoms with Crippen LogP contribution in [0.1, 0.15) is 36.1 Å². The van der Waals surface area contributed by atoms with Crippen molar-refractivity contribution in [1.29, 1.82) is 0 Å². The fourth-order valence-corrected chi connectivity index (χ4v) is 8.93.